The van der Waals surface area contributed by atoms with Crippen LogP contribution in [0.2, 0.25) is 0 Å². The van der Waals surface area contributed by atoms with Crippen LogP contribution in [0.25, 0.3) is 0 Å². The third-order valence-corrected chi connectivity index (χ3v) is 6.15. The Bertz CT molecular complexity index is 1290. The van der Waals surface area contributed by atoms with Crippen LogP contribution < -0.4 is 19.9 Å². The van der Waals surface area contributed by atoms with Crippen LogP contribution in [0.15, 0.2) is 24.3 Å². The second-order valence-corrected chi connectivity index (χ2v) is 9.79. The van der Waals surface area contributed by atoms with Gasteiger partial charge in [-0.05, 0) is 42.2 Å². The Kier molecular flexibility index (Phi) is 7.87. The van der Waals surface area contributed by atoms with Gasteiger partial charge in [-0.1, -0.05) is 20.8 Å². The molecule has 2 aromatic carbocycles. The molecule has 1 atom stereocenters. The number of aliphatic carboxylic acids is 1. The maximum Gasteiger partial charge on any atom is 0.348 e. The van der Waals surface area contributed by atoms with Crippen molar-refractivity contribution in [2.45, 2.75) is 45.8 Å². The molecule has 37 heavy (non-hydrogen) atoms. The van der Waals surface area contributed by atoms with Crippen LogP contribution in [0, 0.1) is 5.41 Å². The third kappa shape index (κ3) is 5.41. The number of fused-ring (bicyclic) bond motifs is 2. The van der Waals surface area contributed by atoms with Crippen molar-refractivity contribution in [3.8, 4) is 17.2 Å². The average Bonchev–Trinajstić information content (AvgIpc) is 3.10. The van der Waals surface area contributed by atoms with E-state index in [4.69, 9.17) is 25.4 Å². The number of hydrogen-bond donors (Lipinski definition) is 3. The molecular weight excluding hydrogens is 546 g/mol. The summed E-state index contributed by atoms with van der Waals surface area (Å²) < 4.78 is 16.9. The minimum Gasteiger partial charge on any atom is -0.493 e. The van der Waals surface area contributed by atoms with Gasteiger partial charge in [0.05, 0.1) is 18.7 Å². The minimum atomic E-state index is -1.17. The van der Waals surface area contributed by atoms with E-state index in [0.717, 1.165) is 11.1 Å². The molecule has 11 heteroatoms. The molecule has 0 aliphatic carbocycles. The highest BCUT2D eigenvalue weighted by atomic mass is 79.9. The average molecular weight is 576 g/mol. The van der Waals surface area contributed by atoms with E-state index < -0.39 is 23.4 Å². The van der Waals surface area contributed by atoms with E-state index in [-0.39, 0.29) is 59.6 Å². The normalized spacial score (nSPS) is 16.1. The van der Waals surface area contributed by atoms with Crippen LogP contribution in [0.5, 0.6) is 17.2 Å². The fraction of sp³-hybridized carbons (Fsp3) is 0.385. The molecule has 0 bridgehead atoms. The van der Waals surface area contributed by atoms with Crippen molar-refractivity contribution >= 4 is 40.5 Å². The number of nitrogens with two attached hydrogens (primary N) is 1. The maximum absolute atomic E-state index is 13.4. The van der Waals surface area contributed by atoms with Gasteiger partial charge in [0.15, 0.2) is 17.3 Å². The highest BCUT2D eigenvalue weighted by molar-refractivity contribution is 8.93. The van der Waals surface area contributed by atoms with E-state index in [0.29, 0.717) is 29.2 Å². The number of amidine groups is 1. The Morgan fingerprint density at radius 2 is 1.92 bits per heavy atom. The summed E-state index contributed by atoms with van der Waals surface area (Å²) in [5.41, 5.74) is 7.59. The predicted octanol–water partition coefficient (Wildman–Crippen LogP) is 3.31. The summed E-state index contributed by atoms with van der Waals surface area (Å²) in [7, 11) is 0. The van der Waals surface area contributed by atoms with Crippen LogP contribution in [0.3, 0.4) is 0 Å². The second kappa shape index (κ2) is 10.4. The zero-order valence-electron chi connectivity index (χ0n) is 21.0. The number of primary amides is 1. The Hall–Kier alpha value is -3.60. The number of carbonyl (C=O) groups excluding carboxylic acids is 2. The number of hydrogen-bond acceptors (Lipinski definition) is 7. The van der Waals surface area contributed by atoms with Crippen LogP contribution in [0.4, 0.5) is 0 Å². The number of carboxylic acid groups (broad SMARTS) is 1. The first kappa shape index (κ1) is 28.0. The van der Waals surface area contributed by atoms with Gasteiger partial charge in [-0.25, -0.2) is 4.79 Å². The molecule has 2 heterocycles. The van der Waals surface area contributed by atoms with Gasteiger partial charge >= 0.3 is 5.97 Å². The summed E-state index contributed by atoms with van der Waals surface area (Å²) in [6.45, 7) is 8.09. The predicted molar refractivity (Wildman–Crippen MR) is 141 cm³/mol. The van der Waals surface area contributed by atoms with Crippen LogP contribution in [-0.4, -0.2) is 59.4 Å². The lowest BCUT2D eigenvalue weighted by atomic mass is 9.84. The number of nitrogens with one attached hydrogen (secondary N) is 1. The van der Waals surface area contributed by atoms with Gasteiger partial charge in [0.25, 0.3) is 5.91 Å². The molecule has 4 N–H and O–H groups in total. The Labute approximate surface area is 225 Å². The van der Waals surface area contributed by atoms with Crippen molar-refractivity contribution in [2.24, 2.45) is 5.73 Å². The van der Waals surface area contributed by atoms with Gasteiger partial charge in [0, 0.05) is 23.2 Å². The Morgan fingerprint density at radius 1 is 1.22 bits per heavy atom. The lowest BCUT2D eigenvalue weighted by molar-refractivity contribution is -0.147. The summed E-state index contributed by atoms with van der Waals surface area (Å²) in [6, 6.07) is 6.44. The molecule has 0 saturated heterocycles. The zero-order valence-corrected chi connectivity index (χ0v) is 22.8. The smallest absolute Gasteiger partial charge is 0.348 e. The number of amides is 1. The number of ether oxygens (including phenoxy) is 3. The van der Waals surface area contributed by atoms with Crippen molar-refractivity contribution in [3.63, 3.8) is 0 Å². The highest BCUT2D eigenvalue weighted by Gasteiger charge is 2.34. The molecule has 2 aliphatic heterocycles. The molecule has 0 saturated carbocycles. The molecule has 1 unspecified atom stereocenters. The van der Waals surface area contributed by atoms with Gasteiger partial charge in [-0.3, -0.25) is 15.0 Å². The summed E-state index contributed by atoms with van der Waals surface area (Å²) in [5, 5.41) is 17.9. The second-order valence-electron chi connectivity index (χ2n) is 9.79. The molecule has 2 aromatic rings. The number of benzene rings is 2. The van der Waals surface area contributed by atoms with E-state index in [1.165, 1.54) is 12.1 Å². The minimum absolute atomic E-state index is 0. The van der Waals surface area contributed by atoms with Gasteiger partial charge in [-0.2, -0.15) is 0 Å². The molecule has 2 aliphatic rings. The lowest BCUT2D eigenvalue weighted by Crippen LogP contribution is -2.37. The summed E-state index contributed by atoms with van der Waals surface area (Å²) >= 11 is 0. The lowest BCUT2D eigenvalue weighted by Gasteiger charge is -2.30. The van der Waals surface area contributed by atoms with E-state index in [9.17, 15) is 19.5 Å². The third-order valence-electron chi connectivity index (χ3n) is 6.15. The number of Topliss-reactive ketones (excluding diaryl/α,β-unsaturated/α-hetero) is 1. The fourth-order valence-electron chi connectivity index (χ4n) is 4.32. The van der Waals surface area contributed by atoms with Crippen LogP contribution in [-0.2, 0) is 16.8 Å². The van der Waals surface area contributed by atoms with Crippen molar-refractivity contribution in [1.29, 1.82) is 5.41 Å². The van der Waals surface area contributed by atoms with Crippen molar-refractivity contribution in [1.82, 2.24) is 4.90 Å². The van der Waals surface area contributed by atoms with Gasteiger partial charge in [0.1, 0.15) is 18.2 Å². The van der Waals surface area contributed by atoms with Crippen molar-refractivity contribution < 1.29 is 33.7 Å². The van der Waals surface area contributed by atoms with E-state index in [1.54, 1.807) is 24.0 Å². The highest BCUT2D eigenvalue weighted by Crippen LogP contribution is 2.42. The van der Waals surface area contributed by atoms with Gasteiger partial charge in [-0.15, -0.1) is 17.0 Å². The number of carboxylic acids is 1. The Morgan fingerprint density at radius 3 is 2.51 bits per heavy atom. The quantitative estimate of drug-likeness (QED) is 0.425. The van der Waals surface area contributed by atoms with Crippen molar-refractivity contribution in [2.75, 3.05) is 19.8 Å². The topological polar surface area (TPSA) is 152 Å². The Balaban J connectivity index is 0.00000380. The molecule has 10 nitrogen and oxygen atoms in total. The van der Waals surface area contributed by atoms with E-state index >= 15 is 0 Å². The summed E-state index contributed by atoms with van der Waals surface area (Å²) in [4.78, 5) is 38.3. The molecule has 0 fully saturated rings. The van der Waals surface area contributed by atoms with E-state index in [2.05, 4.69) is 0 Å². The monoisotopic (exact) mass is 575 g/mol. The summed E-state index contributed by atoms with van der Waals surface area (Å²) in [6.07, 6.45) is -1.17. The first-order valence-electron chi connectivity index (χ1n) is 11.6. The molecular formula is C26H30BrN3O7. The first-order chi connectivity index (χ1) is 16.9. The molecule has 0 radical (unpaired) electrons. The SMILES string of the molecule is Br.CCOc1cc2c(cc1C(N)=O)C(=N)N(CC(=O)c1cc3c(c(C(C)(C)C)c1)OCC(C(=O)O)O3)C2. The molecule has 1 amide bonds. The molecule has 198 valence electrons. The van der Waals surface area contributed by atoms with Gasteiger partial charge < -0.3 is 30.0 Å². The standard InChI is InChI=1S/C26H29N3O7.BrH/c1-5-34-19-8-14-10-29(23(27)15(14)9-16(19)24(28)31)11-18(30)13-6-17(26(2,3)4)22-20(7-13)36-21(12-35-22)25(32)33;/h6-9,21,27H,5,10-12H2,1-4H3,(H2,28,31)(H,32,33);1H. The van der Waals surface area contributed by atoms with Crippen LogP contribution >= 0.6 is 17.0 Å². The largest absolute Gasteiger partial charge is 0.493 e. The summed E-state index contributed by atoms with van der Waals surface area (Å²) in [5.74, 6) is -1.00. The number of rotatable bonds is 7. The molecule has 0 aromatic heterocycles. The number of nitrogens with zero attached hydrogens (tertiary/aromatic N) is 1. The molecule has 0 spiro atoms. The number of halogens is 1. The maximum atomic E-state index is 13.4. The molecule has 4 rings (SSSR count). The fourth-order valence-corrected chi connectivity index (χ4v) is 4.32. The number of carbonyl (C=O) groups is 3. The zero-order chi connectivity index (χ0) is 26.4. The van der Waals surface area contributed by atoms with E-state index in [1.807, 2.05) is 20.8 Å². The number of ketones is 1. The first-order valence-corrected chi connectivity index (χ1v) is 11.6. The van der Waals surface area contributed by atoms with Crippen molar-refractivity contribution in [3.05, 3.63) is 52.1 Å². The van der Waals surface area contributed by atoms with Gasteiger partial charge in [0.2, 0.25) is 6.10 Å². The van der Waals surface area contributed by atoms with Crippen LogP contribution in [0.1, 0.15) is 65.1 Å².